The van der Waals surface area contributed by atoms with E-state index in [2.05, 4.69) is 5.32 Å². The number of nitrogens with one attached hydrogen (secondary N) is 1. The molecule has 1 rings (SSSR count). The summed E-state index contributed by atoms with van der Waals surface area (Å²) in [5.74, 6) is -0.375. The topological polar surface area (TPSA) is 84.9 Å². The first-order valence-electron chi connectivity index (χ1n) is 7.60. The van der Waals surface area contributed by atoms with E-state index in [1.54, 1.807) is 32.0 Å². The van der Waals surface area contributed by atoms with Crippen LogP contribution in [-0.4, -0.2) is 36.7 Å². The Morgan fingerprint density at radius 3 is 2.30 bits per heavy atom. The molecule has 0 aliphatic heterocycles. The molecule has 0 aliphatic carbocycles. The highest BCUT2D eigenvalue weighted by molar-refractivity contribution is 5.97. The van der Waals surface area contributed by atoms with Crippen LogP contribution in [0.3, 0.4) is 0 Å². The summed E-state index contributed by atoms with van der Waals surface area (Å²) in [6, 6.07) is 3.85. The fourth-order valence-electron chi connectivity index (χ4n) is 1.92. The minimum absolute atomic E-state index is 0.216. The van der Waals surface area contributed by atoms with Gasteiger partial charge in [0, 0.05) is 5.56 Å². The maximum Gasteiger partial charge on any atom is 0.326 e. The summed E-state index contributed by atoms with van der Waals surface area (Å²) in [7, 11) is 1.49. The van der Waals surface area contributed by atoms with Gasteiger partial charge in [0.15, 0.2) is 11.5 Å². The Kier molecular flexibility index (Phi) is 6.88. The molecule has 0 saturated heterocycles. The Bertz CT molecular complexity index is 554. The van der Waals surface area contributed by atoms with Gasteiger partial charge in [-0.05, 0) is 30.0 Å². The van der Waals surface area contributed by atoms with Crippen LogP contribution in [0, 0.1) is 11.8 Å². The molecule has 6 heteroatoms. The quantitative estimate of drug-likeness (QED) is 0.768. The van der Waals surface area contributed by atoms with Crippen molar-refractivity contribution in [3.63, 3.8) is 0 Å². The van der Waals surface area contributed by atoms with Crippen LogP contribution in [0.4, 0.5) is 0 Å². The fraction of sp³-hybridized carbons (Fsp3) is 0.529. The molecule has 1 atom stereocenters. The lowest BCUT2D eigenvalue weighted by atomic mass is 10.0. The second-order valence-electron chi connectivity index (χ2n) is 6.10. The summed E-state index contributed by atoms with van der Waals surface area (Å²) in [6.07, 6.45) is 0. The maximum atomic E-state index is 12.2. The minimum Gasteiger partial charge on any atom is -0.493 e. The summed E-state index contributed by atoms with van der Waals surface area (Å²) < 4.78 is 10.9. The van der Waals surface area contributed by atoms with Gasteiger partial charge in [0.25, 0.3) is 5.91 Å². The lowest BCUT2D eigenvalue weighted by molar-refractivity contribution is -0.140. The normalized spacial score (nSPS) is 12.1. The van der Waals surface area contributed by atoms with Gasteiger partial charge in [0.1, 0.15) is 6.04 Å². The number of hydrogen-bond donors (Lipinski definition) is 2. The minimum atomic E-state index is -1.06. The molecule has 0 radical (unpaired) electrons. The number of carbonyl (C=O) groups excluding carboxylic acids is 1. The second-order valence-corrected chi connectivity index (χ2v) is 6.10. The van der Waals surface area contributed by atoms with Crippen molar-refractivity contribution in [3.05, 3.63) is 23.8 Å². The first-order valence-corrected chi connectivity index (χ1v) is 7.60. The number of hydrogen-bond acceptors (Lipinski definition) is 4. The van der Waals surface area contributed by atoms with Crippen LogP contribution < -0.4 is 14.8 Å². The van der Waals surface area contributed by atoms with Crippen molar-refractivity contribution in [2.75, 3.05) is 13.7 Å². The fourth-order valence-corrected chi connectivity index (χ4v) is 1.92. The highest BCUT2D eigenvalue weighted by Crippen LogP contribution is 2.28. The first-order chi connectivity index (χ1) is 10.8. The monoisotopic (exact) mass is 323 g/mol. The van der Waals surface area contributed by atoms with Gasteiger partial charge in [-0.2, -0.15) is 0 Å². The number of benzene rings is 1. The molecule has 1 unspecified atom stereocenters. The standard InChI is InChI=1S/C17H25NO5/c1-10(2)9-23-13-7-6-12(8-14(13)22-5)16(19)18-15(11(3)4)17(20)21/h6-8,10-11,15H,9H2,1-5H3,(H,18,19)(H,20,21). The van der Waals surface area contributed by atoms with E-state index < -0.39 is 17.9 Å². The Labute approximate surface area is 136 Å². The SMILES string of the molecule is COc1cc(C(=O)NC(C(=O)O)C(C)C)ccc1OCC(C)C. The molecular formula is C17H25NO5. The first kappa shape index (κ1) is 18.8. The van der Waals surface area contributed by atoms with E-state index >= 15 is 0 Å². The molecule has 23 heavy (non-hydrogen) atoms. The number of amides is 1. The molecule has 6 nitrogen and oxygen atoms in total. The largest absolute Gasteiger partial charge is 0.493 e. The predicted molar refractivity (Wildman–Crippen MR) is 87.1 cm³/mol. The third kappa shape index (κ3) is 5.47. The summed E-state index contributed by atoms with van der Waals surface area (Å²) in [4.78, 5) is 23.4. The van der Waals surface area contributed by atoms with E-state index in [1.165, 1.54) is 7.11 Å². The summed E-state index contributed by atoms with van der Waals surface area (Å²) in [5, 5.41) is 11.7. The van der Waals surface area contributed by atoms with Crippen molar-refractivity contribution in [1.82, 2.24) is 5.32 Å². The lowest BCUT2D eigenvalue weighted by Gasteiger charge is -2.18. The van der Waals surface area contributed by atoms with Crippen molar-refractivity contribution in [2.45, 2.75) is 33.7 Å². The van der Waals surface area contributed by atoms with E-state index in [-0.39, 0.29) is 5.92 Å². The van der Waals surface area contributed by atoms with Gasteiger partial charge in [0.2, 0.25) is 0 Å². The van der Waals surface area contributed by atoms with Gasteiger partial charge in [-0.1, -0.05) is 27.7 Å². The molecule has 1 amide bonds. The summed E-state index contributed by atoms with van der Waals surface area (Å²) in [6.45, 7) is 8.08. The number of aliphatic carboxylic acids is 1. The van der Waals surface area contributed by atoms with E-state index in [0.717, 1.165) is 0 Å². The molecule has 1 aromatic carbocycles. The molecule has 0 aliphatic rings. The number of carbonyl (C=O) groups is 2. The zero-order valence-corrected chi connectivity index (χ0v) is 14.3. The highest BCUT2D eigenvalue weighted by Gasteiger charge is 2.24. The van der Waals surface area contributed by atoms with Gasteiger partial charge < -0.3 is 19.9 Å². The van der Waals surface area contributed by atoms with Gasteiger partial charge in [-0.25, -0.2) is 4.79 Å². The van der Waals surface area contributed by atoms with E-state index in [1.807, 2.05) is 13.8 Å². The van der Waals surface area contributed by atoms with Gasteiger partial charge >= 0.3 is 5.97 Å². The highest BCUT2D eigenvalue weighted by atomic mass is 16.5. The Morgan fingerprint density at radius 2 is 1.83 bits per heavy atom. The van der Waals surface area contributed by atoms with Crippen LogP contribution in [0.2, 0.25) is 0 Å². The van der Waals surface area contributed by atoms with Crippen LogP contribution in [0.15, 0.2) is 18.2 Å². The van der Waals surface area contributed by atoms with Crippen LogP contribution in [0.1, 0.15) is 38.1 Å². The third-order valence-electron chi connectivity index (χ3n) is 3.22. The van der Waals surface area contributed by atoms with Crippen molar-refractivity contribution >= 4 is 11.9 Å². The number of carboxylic acids is 1. The van der Waals surface area contributed by atoms with E-state index in [0.29, 0.717) is 29.6 Å². The molecule has 0 spiro atoms. The van der Waals surface area contributed by atoms with E-state index in [4.69, 9.17) is 14.6 Å². The average Bonchev–Trinajstić information content (AvgIpc) is 2.49. The molecule has 128 valence electrons. The molecule has 0 saturated carbocycles. The molecule has 0 fully saturated rings. The molecule has 0 heterocycles. The Balaban J connectivity index is 2.91. The zero-order chi connectivity index (χ0) is 17.6. The molecule has 0 aromatic heterocycles. The van der Waals surface area contributed by atoms with Crippen molar-refractivity contribution in [1.29, 1.82) is 0 Å². The smallest absolute Gasteiger partial charge is 0.326 e. The second kappa shape index (κ2) is 8.41. The van der Waals surface area contributed by atoms with Crippen LogP contribution >= 0.6 is 0 Å². The Hall–Kier alpha value is -2.24. The third-order valence-corrected chi connectivity index (χ3v) is 3.22. The average molecular weight is 323 g/mol. The van der Waals surface area contributed by atoms with Crippen LogP contribution in [0.25, 0.3) is 0 Å². The van der Waals surface area contributed by atoms with Crippen molar-refractivity contribution in [3.8, 4) is 11.5 Å². The summed E-state index contributed by atoms with van der Waals surface area (Å²) >= 11 is 0. The molecular weight excluding hydrogens is 298 g/mol. The maximum absolute atomic E-state index is 12.2. The van der Waals surface area contributed by atoms with Gasteiger partial charge in [0.05, 0.1) is 13.7 Å². The van der Waals surface area contributed by atoms with Crippen molar-refractivity contribution in [2.24, 2.45) is 11.8 Å². The van der Waals surface area contributed by atoms with Gasteiger partial charge in [-0.3, -0.25) is 4.79 Å². The van der Waals surface area contributed by atoms with Crippen molar-refractivity contribution < 1.29 is 24.2 Å². The Morgan fingerprint density at radius 1 is 1.17 bits per heavy atom. The number of methoxy groups -OCH3 is 1. The van der Waals surface area contributed by atoms with E-state index in [9.17, 15) is 9.59 Å². The molecule has 2 N–H and O–H groups in total. The lowest BCUT2D eigenvalue weighted by Crippen LogP contribution is -2.44. The molecule has 1 aromatic rings. The summed E-state index contributed by atoms with van der Waals surface area (Å²) in [5.41, 5.74) is 0.325. The molecule has 0 bridgehead atoms. The van der Waals surface area contributed by atoms with Crippen LogP contribution in [-0.2, 0) is 4.79 Å². The zero-order valence-electron chi connectivity index (χ0n) is 14.3. The number of ether oxygens (including phenoxy) is 2. The van der Waals surface area contributed by atoms with Crippen LogP contribution in [0.5, 0.6) is 11.5 Å². The predicted octanol–water partition coefficient (Wildman–Crippen LogP) is 2.57. The number of rotatable bonds is 8. The van der Waals surface area contributed by atoms with Gasteiger partial charge in [-0.15, -0.1) is 0 Å². The number of carboxylic acid groups (broad SMARTS) is 1.